The van der Waals surface area contributed by atoms with Crippen LogP contribution >= 0.6 is 11.3 Å². The Bertz CT molecular complexity index is 749. The highest BCUT2D eigenvalue weighted by Gasteiger charge is 2.12. The van der Waals surface area contributed by atoms with Crippen molar-refractivity contribution in [2.24, 2.45) is 0 Å². The minimum Gasteiger partial charge on any atom is -0.135 e. The van der Waals surface area contributed by atoms with Crippen molar-refractivity contribution >= 4 is 27.0 Å². The Morgan fingerprint density at radius 3 is 2.25 bits per heavy atom. The van der Waals surface area contributed by atoms with Crippen LogP contribution in [0.3, 0.4) is 0 Å². The highest BCUT2D eigenvalue weighted by atomic mass is 32.1. The molecule has 0 N–H and O–H groups in total. The van der Waals surface area contributed by atoms with Crippen molar-refractivity contribution in [1.29, 1.82) is 0 Å². The summed E-state index contributed by atoms with van der Waals surface area (Å²) in [5, 5.41) is 1.30. The smallest absolute Gasteiger partial charge is 0.0355 e. The quantitative estimate of drug-likeness (QED) is 0.548. The van der Waals surface area contributed by atoms with Gasteiger partial charge in [-0.15, -0.1) is 11.3 Å². The SMILES string of the molecule is C=C(c1cc2ccccc2s1)c1c(C)cc(C)cc1C. The molecule has 3 aromatic rings. The Labute approximate surface area is 124 Å². The number of hydrogen-bond donors (Lipinski definition) is 0. The van der Waals surface area contributed by atoms with Crippen LogP contribution in [0, 0.1) is 20.8 Å². The fraction of sp³-hybridized carbons (Fsp3) is 0.158. The lowest BCUT2D eigenvalue weighted by Gasteiger charge is -2.12. The maximum absolute atomic E-state index is 4.35. The molecule has 20 heavy (non-hydrogen) atoms. The molecule has 0 unspecified atom stereocenters. The summed E-state index contributed by atoms with van der Waals surface area (Å²) in [6.07, 6.45) is 0. The van der Waals surface area contributed by atoms with Crippen LogP contribution in [0.4, 0.5) is 0 Å². The summed E-state index contributed by atoms with van der Waals surface area (Å²) in [7, 11) is 0. The van der Waals surface area contributed by atoms with E-state index in [9.17, 15) is 0 Å². The Hall–Kier alpha value is -1.86. The van der Waals surface area contributed by atoms with Crippen molar-refractivity contribution in [2.75, 3.05) is 0 Å². The summed E-state index contributed by atoms with van der Waals surface area (Å²) in [5.74, 6) is 0. The lowest BCUT2D eigenvalue weighted by Crippen LogP contribution is -1.93. The molecule has 0 bridgehead atoms. The van der Waals surface area contributed by atoms with Gasteiger partial charge in [-0.3, -0.25) is 0 Å². The second-order valence-electron chi connectivity index (χ2n) is 5.40. The van der Waals surface area contributed by atoms with E-state index < -0.39 is 0 Å². The fourth-order valence-electron chi connectivity index (χ4n) is 2.91. The molecule has 0 spiro atoms. The average molecular weight is 278 g/mol. The summed E-state index contributed by atoms with van der Waals surface area (Å²) in [4.78, 5) is 1.27. The van der Waals surface area contributed by atoms with Crippen molar-refractivity contribution in [3.8, 4) is 0 Å². The van der Waals surface area contributed by atoms with E-state index in [1.165, 1.54) is 37.2 Å². The zero-order valence-corrected chi connectivity index (χ0v) is 13.0. The molecule has 0 atom stereocenters. The molecule has 0 saturated carbocycles. The molecule has 3 rings (SSSR count). The molecule has 0 fully saturated rings. The van der Waals surface area contributed by atoms with E-state index in [2.05, 4.69) is 69.8 Å². The average Bonchev–Trinajstić information content (AvgIpc) is 2.81. The maximum Gasteiger partial charge on any atom is 0.0355 e. The van der Waals surface area contributed by atoms with Crippen LogP contribution in [0.25, 0.3) is 15.7 Å². The van der Waals surface area contributed by atoms with Crippen molar-refractivity contribution in [1.82, 2.24) is 0 Å². The third kappa shape index (κ3) is 2.19. The Kier molecular flexibility index (Phi) is 3.23. The van der Waals surface area contributed by atoms with Crippen LogP contribution in [0.2, 0.25) is 0 Å². The van der Waals surface area contributed by atoms with Gasteiger partial charge in [0.15, 0.2) is 0 Å². The predicted molar refractivity (Wildman–Crippen MR) is 90.6 cm³/mol. The molecule has 0 amide bonds. The number of aryl methyl sites for hydroxylation is 3. The molecular weight excluding hydrogens is 260 g/mol. The van der Waals surface area contributed by atoms with Crippen LogP contribution < -0.4 is 0 Å². The normalized spacial score (nSPS) is 10.9. The topological polar surface area (TPSA) is 0 Å². The van der Waals surface area contributed by atoms with Gasteiger partial charge in [0.05, 0.1) is 0 Å². The van der Waals surface area contributed by atoms with Crippen LogP contribution in [-0.4, -0.2) is 0 Å². The molecule has 0 aliphatic heterocycles. The summed E-state index contributed by atoms with van der Waals surface area (Å²) in [6, 6.07) is 15.2. The van der Waals surface area contributed by atoms with Crippen LogP contribution in [0.1, 0.15) is 27.1 Å². The molecule has 0 aliphatic carbocycles. The molecule has 0 radical (unpaired) electrons. The van der Waals surface area contributed by atoms with E-state index in [4.69, 9.17) is 0 Å². The fourth-order valence-corrected chi connectivity index (χ4v) is 3.95. The second-order valence-corrected chi connectivity index (χ2v) is 6.48. The van der Waals surface area contributed by atoms with Crippen molar-refractivity contribution < 1.29 is 0 Å². The molecular formula is C19H18S. The Morgan fingerprint density at radius 2 is 1.60 bits per heavy atom. The highest BCUT2D eigenvalue weighted by molar-refractivity contribution is 7.20. The van der Waals surface area contributed by atoms with Crippen molar-refractivity contribution in [3.05, 3.63) is 76.2 Å². The van der Waals surface area contributed by atoms with Crippen LogP contribution in [-0.2, 0) is 0 Å². The number of rotatable bonds is 2. The largest absolute Gasteiger partial charge is 0.135 e. The second kappa shape index (κ2) is 4.92. The summed E-state index contributed by atoms with van der Waals surface area (Å²) in [6.45, 7) is 10.8. The number of benzene rings is 2. The van der Waals surface area contributed by atoms with Crippen LogP contribution in [0.5, 0.6) is 0 Å². The molecule has 0 saturated heterocycles. The zero-order valence-electron chi connectivity index (χ0n) is 12.2. The lowest BCUT2D eigenvalue weighted by molar-refractivity contribution is 1.29. The van der Waals surface area contributed by atoms with Gasteiger partial charge >= 0.3 is 0 Å². The lowest BCUT2D eigenvalue weighted by atomic mass is 9.94. The first kappa shape index (κ1) is 13.1. The van der Waals surface area contributed by atoms with E-state index in [0.717, 1.165) is 5.57 Å². The van der Waals surface area contributed by atoms with E-state index in [1.54, 1.807) is 0 Å². The molecule has 2 aromatic carbocycles. The first-order valence-corrected chi connectivity index (χ1v) is 7.64. The molecule has 0 nitrogen and oxygen atoms in total. The van der Waals surface area contributed by atoms with Crippen molar-refractivity contribution in [2.45, 2.75) is 20.8 Å². The van der Waals surface area contributed by atoms with Gasteiger partial charge in [0.25, 0.3) is 0 Å². The summed E-state index contributed by atoms with van der Waals surface area (Å²) >= 11 is 1.82. The van der Waals surface area contributed by atoms with E-state index in [1.807, 2.05) is 11.3 Å². The summed E-state index contributed by atoms with van der Waals surface area (Å²) in [5.41, 5.74) is 6.37. The van der Waals surface area contributed by atoms with Gasteiger partial charge in [-0.2, -0.15) is 0 Å². The van der Waals surface area contributed by atoms with Crippen molar-refractivity contribution in [3.63, 3.8) is 0 Å². The molecule has 0 aliphatic rings. The van der Waals surface area contributed by atoms with Gasteiger partial charge in [0.2, 0.25) is 0 Å². The van der Waals surface area contributed by atoms with E-state index >= 15 is 0 Å². The van der Waals surface area contributed by atoms with Gasteiger partial charge in [-0.25, -0.2) is 0 Å². The summed E-state index contributed by atoms with van der Waals surface area (Å²) < 4.78 is 1.33. The third-order valence-electron chi connectivity index (χ3n) is 3.70. The number of hydrogen-bond acceptors (Lipinski definition) is 1. The Balaban J connectivity index is 2.13. The zero-order chi connectivity index (χ0) is 14.3. The molecule has 1 heteroatoms. The maximum atomic E-state index is 4.35. The molecule has 1 heterocycles. The highest BCUT2D eigenvalue weighted by Crippen LogP contribution is 2.35. The Morgan fingerprint density at radius 1 is 0.950 bits per heavy atom. The minimum atomic E-state index is 1.14. The van der Waals surface area contributed by atoms with Gasteiger partial charge in [-0.05, 0) is 60.6 Å². The number of fused-ring (bicyclic) bond motifs is 1. The molecule has 1 aromatic heterocycles. The van der Waals surface area contributed by atoms with Crippen LogP contribution in [0.15, 0.2) is 49.0 Å². The minimum absolute atomic E-state index is 1.14. The first-order chi connectivity index (χ1) is 9.56. The monoisotopic (exact) mass is 278 g/mol. The molecule has 100 valence electrons. The van der Waals surface area contributed by atoms with Gasteiger partial charge in [0, 0.05) is 9.58 Å². The standard InChI is InChI=1S/C19H18S/c1-12-9-13(2)19(14(3)10-12)15(4)18-11-16-7-5-6-8-17(16)20-18/h5-11H,4H2,1-3H3. The van der Waals surface area contributed by atoms with E-state index in [-0.39, 0.29) is 0 Å². The van der Waals surface area contributed by atoms with E-state index in [0.29, 0.717) is 0 Å². The predicted octanol–water partition coefficient (Wildman–Crippen LogP) is 5.89. The van der Waals surface area contributed by atoms with Gasteiger partial charge < -0.3 is 0 Å². The van der Waals surface area contributed by atoms with Gasteiger partial charge in [-0.1, -0.05) is 42.5 Å². The number of thiophene rings is 1. The first-order valence-electron chi connectivity index (χ1n) is 6.82. The van der Waals surface area contributed by atoms with Gasteiger partial charge in [0.1, 0.15) is 0 Å². The third-order valence-corrected chi connectivity index (χ3v) is 4.88.